The van der Waals surface area contributed by atoms with Gasteiger partial charge in [-0.15, -0.1) is 0 Å². The van der Waals surface area contributed by atoms with Gasteiger partial charge >= 0.3 is 5.97 Å². The minimum atomic E-state index is -1.57. The zero-order chi connectivity index (χ0) is 69.4. The van der Waals surface area contributed by atoms with Crippen molar-refractivity contribution in [3.8, 4) is 0 Å². The Hall–Kier alpha value is -2.12. The van der Waals surface area contributed by atoms with Crippen molar-refractivity contribution in [1.29, 1.82) is 0 Å². The summed E-state index contributed by atoms with van der Waals surface area (Å²) in [4.78, 5) is 25.2. The molecular formula is C85H161NO10. The zero-order valence-electron chi connectivity index (χ0n) is 63.4. The Balaban J connectivity index is 1.86. The van der Waals surface area contributed by atoms with Gasteiger partial charge in [0.2, 0.25) is 5.91 Å². The summed E-state index contributed by atoms with van der Waals surface area (Å²) >= 11 is 0. The van der Waals surface area contributed by atoms with Gasteiger partial charge in [-0.3, -0.25) is 9.59 Å². The lowest BCUT2D eigenvalue weighted by Gasteiger charge is -2.40. The molecule has 0 aromatic heterocycles. The Morgan fingerprint density at radius 1 is 0.385 bits per heavy atom. The van der Waals surface area contributed by atoms with Crippen LogP contribution in [0.15, 0.2) is 36.5 Å². The topological polar surface area (TPSA) is 175 Å². The van der Waals surface area contributed by atoms with Crippen molar-refractivity contribution in [2.45, 2.75) is 474 Å². The van der Waals surface area contributed by atoms with Gasteiger partial charge in [-0.05, 0) is 64.2 Å². The fraction of sp³-hybridized carbons (Fsp3) is 0.906. The number of ether oxygens (including phenoxy) is 3. The lowest BCUT2D eigenvalue weighted by molar-refractivity contribution is -0.302. The van der Waals surface area contributed by atoms with E-state index in [-0.39, 0.29) is 18.5 Å². The molecule has 0 aromatic carbocycles. The molecule has 0 saturated carbocycles. The number of carbonyl (C=O) groups is 2. The summed E-state index contributed by atoms with van der Waals surface area (Å²) < 4.78 is 16.8. The van der Waals surface area contributed by atoms with Gasteiger partial charge in [0.05, 0.1) is 32.0 Å². The maximum absolute atomic E-state index is 13.1. The standard InChI is InChI=1S/C85H161NO10/c1-3-5-7-9-11-13-15-17-18-45-49-53-57-61-65-69-73-81(90)94-74-70-66-62-58-54-50-46-43-41-39-37-35-33-31-29-27-25-23-21-19-20-22-24-26-28-30-32-34-36-38-40-42-44-48-52-56-60-64-68-72-80(89)86-77(76-95-85-84(93)83(92)82(91)79(75-87)96-85)78(88)71-67-63-59-55-51-47-16-14-12-10-8-6-4-2/h13,15,18,45,67,71,77-79,82-85,87-88,91-93H,3-12,14,16-17,19-44,46-66,68-70,72-76H2,1-2H3,(H,86,89)/b15-13-,45-18-,71-67+. The molecule has 7 atom stereocenters. The molecule has 11 nitrogen and oxygen atoms in total. The highest BCUT2D eigenvalue weighted by Gasteiger charge is 2.44. The first-order chi connectivity index (χ1) is 47.2. The zero-order valence-corrected chi connectivity index (χ0v) is 63.4. The number of hydrogen-bond acceptors (Lipinski definition) is 10. The van der Waals surface area contributed by atoms with Gasteiger partial charge in [-0.25, -0.2) is 0 Å². The molecule has 6 N–H and O–H groups in total. The number of unbranched alkanes of at least 4 members (excludes halogenated alkanes) is 58. The molecule has 1 aliphatic rings. The molecule has 566 valence electrons. The average molecular weight is 1360 g/mol. The van der Waals surface area contributed by atoms with E-state index in [1.54, 1.807) is 6.08 Å². The molecular weight excluding hydrogens is 1190 g/mol. The average Bonchev–Trinajstić information content (AvgIpc) is 0.974. The second-order valence-corrected chi connectivity index (χ2v) is 29.5. The Morgan fingerprint density at radius 3 is 1.06 bits per heavy atom. The van der Waals surface area contributed by atoms with Crippen LogP contribution in [0.5, 0.6) is 0 Å². The first-order valence-electron chi connectivity index (χ1n) is 42.3. The second-order valence-electron chi connectivity index (χ2n) is 29.5. The highest BCUT2D eigenvalue weighted by Crippen LogP contribution is 2.24. The van der Waals surface area contributed by atoms with E-state index >= 15 is 0 Å². The Labute approximate surface area is 594 Å². The highest BCUT2D eigenvalue weighted by molar-refractivity contribution is 5.76. The first kappa shape index (κ1) is 91.9. The molecule has 7 unspecified atom stereocenters. The number of hydrogen-bond donors (Lipinski definition) is 6. The fourth-order valence-electron chi connectivity index (χ4n) is 13.6. The molecule has 1 heterocycles. The van der Waals surface area contributed by atoms with E-state index in [4.69, 9.17) is 14.2 Å². The van der Waals surface area contributed by atoms with Crippen molar-refractivity contribution in [1.82, 2.24) is 5.32 Å². The summed E-state index contributed by atoms with van der Waals surface area (Å²) in [7, 11) is 0. The fourth-order valence-corrected chi connectivity index (χ4v) is 13.6. The molecule has 0 spiro atoms. The van der Waals surface area contributed by atoms with E-state index in [2.05, 4.69) is 43.5 Å². The van der Waals surface area contributed by atoms with Crippen LogP contribution >= 0.6 is 0 Å². The summed E-state index contributed by atoms with van der Waals surface area (Å²) in [6.07, 6.45) is 87.7. The molecule has 1 amide bonds. The molecule has 1 aliphatic heterocycles. The normalized spacial score (nSPS) is 17.4. The summed E-state index contributed by atoms with van der Waals surface area (Å²) in [5.74, 6) is -0.167. The predicted molar refractivity (Wildman–Crippen MR) is 407 cm³/mol. The number of allylic oxidation sites excluding steroid dienone is 5. The number of esters is 1. The third-order valence-electron chi connectivity index (χ3n) is 20.2. The number of aliphatic hydroxyl groups is 5. The van der Waals surface area contributed by atoms with Crippen molar-refractivity contribution in [3.63, 3.8) is 0 Å². The third-order valence-corrected chi connectivity index (χ3v) is 20.2. The Morgan fingerprint density at radius 2 is 0.698 bits per heavy atom. The molecule has 1 saturated heterocycles. The molecule has 0 bridgehead atoms. The van der Waals surface area contributed by atoms with Crippen LogP contribution in [0, 0.1) is 0 Å². The van der Waals surface area contributed by atoms with Crippen LogP contribution in [0.25, 0.3) is 0 Å². The maximum Gasteiger partial charge on any atom is 0.305 e. The van der Waals surface area contributed by atoms with E-state index < -0.39 is 49.5 Å². The van der Waals surface area contributed by atoms with Crippen molar-refractivity contribution < 1.29 is 49.3 Å². The molecule has 0 aliphatic carbocycles. The van der Waals surface area contributed by atoms with Crippen LogP contribution in [0.3, 0.4) is 0 Å². The van der Waals surface area contributed by atoms with Gasteiger partial charge in [0.15, 0.2) is 6.29 Å². The molecule has 1 rings (SSSR count). The van der Waals surface area contributed by atoms with Gasteiger partial charge in [0.25, 0.3) is 0 Å². The molecule has 0 aromatic rings. The number of amides is 1. The van der Waals surface area contributed by atoms with Crippen LogP contribution < -0.4 is 5.32 Å². The van der Waals surface area contributed by atoms with E-state index in [1.807, 2.05) is 6.08 Å². The molecule has 11 heteroatoms. The monoisotopic (exact) mass is 1360 g/mol. The van der Waals surface area contributed by atoms with Crippen LogP contribution in [0.1, 0.15) is 431 Å². The predicted octanol–water partition coefficient (Wildman–Crippen LogP) is 23.3. The second kappa shape index (κ2) is 74.1. The smallest absolute Gasteiger partial charge is 0.305 e. The summed E-state index contributed by atoms with van der Waals surface area (Å²) in [5, 5.41) is 54.6. The summed E-state index contributed by atoms with van der Waals surface area (Å²) in [6, 6.07) is -0.805. The van der Waals surface area contributed by atoms with Crippen molar-refractivity contribution >= 4 is 11.9 Å². The minimum Gasteiger partial charge on any atom is -0.466 e. The quantitative estimate of drug-likeness (QED) is 0.0195. The van der Waals surface area contributed by atoms with Gasteiger partial charge in [-0.1, -0.05) is 391 Å². The van der Waals surface area contributed by atoms with Crippen LogP contribution in [-0.4, -0.2) is 100 Å². The third kappa shape index (κ3) is 61.7. The van der Waals surface area contributed by atoms with Gasteiger partial charge in [-0.2, -0.15) is 0 Å². The lowest BCUT2D eigenvalue weighted by atomic mass is 9.99. The number of nitrogens with one attached hydrogen (secondary N) is 1. The van der Waals surface area contributed by atoms with E-state index in [1.165, 1.54) is 340 Å². The first-order valence-corrected chi connectivity index (χ1v) is 42.3. The van der Waals surface area contributed by atoms with Crippen LogP contribution in [0.4, 0.5) is 0 Å². The van der Waals surface area contributed by atoms with Crippen molar-refractivity contribution in [2.24, 2.45) is 0 Å². The molecule has 0 radical (unpaired) electrons. The van der Waals surface area contributed by atoms with Gasteiger partial charge in [0.1, 0.15) is 24.4 Å². The van der Waals surface area contributed by atoms with E-state index in [9.17, 15) is 35.1 Å². The van der Waals surface area contributed by atoms with Gasteiger partial charge < -0.3 is 45.1 Å². The number of carbonyl (C=O) groups excluding carboxylic acids is 2. The molecule has 96 heavy (non-hydrogen) atoms. The number of aliphatic hydroxyl groups excluding tert-OH is 5. The van der Waals surface area contributed by atoms with E-state index in [0.29, 0.717) is 19.4 Å². The highest BCUT2D eigenvalue weighted by atomic mass is 16.7. The van der Waals surface area contributed by atoms with Crippen molar-refractivity contribution in [2.75, 3.05) is 19.8 Å². The largest absolute Gasteiger partial charge is 0.466 e. The molecule has 1 fully saturated rings. The Kier molecular flexibility index (Phi) is 70.9. The number of rotatable bonds is 76. The Bertz CT molecular complexity index is 1690. The van der Waals surface area contributed by atoms with Crippen molar-refractivity contribution in [3.05, 3.63) is 36.5 Å². The van der Waals surface area contributed by atoms with E-state index in [0.717, 1.165) is 64.2 Å². The maximum atomic E-state index is 13.1. The summed E-state index contributed by atoms with van der Waals surface area (Å²) in [5.41, 5.74) is 0. The van der Waals surface area contributed by atoms with Gasteiger partial charge in [0, 0.05) is 12.8 Å². The minimum absolute atomic E-state index is 0.00552. The lowest BCUT2D eigenvalue weighted by Crippen LogP contribution is -2.60. The SMILES string of the molecule is CCCCCC/C=C\C/C=C\CCCCCCCC(=O)OCCCCCCCCCCCCCCCCCCCCCCCCCCCCCCCCCCCCCCCCCC(=O)NC(COC1OC(CO)C(O)C(O)C1O)C(O)/C=C/CCCCCCCCCCCCC. The summed E-state index contributed by atoms with van der Waals surface area (Å²) in [6.45, 7) is 4.38. The van der Waals surface area contributed by atoms with Crippen LogP contribution in [-0.2, 0) is 23.8 Å². The van der Waals surface area contributed by atoms with Crippen LogP contribution in [0.2, 0.25) is 0 Å².